The Hall–Kier alpha value is -0.810. The minimum atomic E-state index is -0.0857. The van der Waals surface area contributed by atoms with Crippen molar-refractivity contribution >= 4 is 24.3 Å². The largest absolute Gasteiger partial charge is 0.466 e. The Kier molecular flexibility index (Phi) is 9.61. The van der Waals surface area contributed by atoms with Gasteiger partial charge in [0.25, 0.3) is 0 Å². The molecule has 0 heterocycles. The molecule has 5 nitrogen and oxygen atoms in total. The lowest BCUT2D eigenvalue weighted by Crippen LogP contribution is -2.39. The van der Waals surface area contributed by atoms with Gasteiger partial charge in [0.1, 0.15) is 0 Å². The SMILES string of the molecule is CCOC(=O)C1CCC(NC(=O)CCNC)CC1.Cl. The molecule has 0 bridgehead atoms. The summed E-state index contributed by atoms with van der Waals surface area (Å²) in [4.78, 5) is 23.1. The highest BCUT2D eigenvalue weighted by molar-refractivity contribution is 5.85. The highest BCUT2D eigenvalue weighted by Crippen LogP contribution is 2.25. The van der Waals surface area contributed by atoms with Crippen LogP contribution in [0.15, 0.2) is 0 Å². The highest BCUT2D eigenvalue weighted by atomic mass is 35.5. The van der Waals surface area contributed by atoms with E-state index in [-0.39, 0.29) is 36.2 Å². The Morgan fingerprint density at radius 3 is 2.37 bits per heavy atom. The van der Waals surface area contributed by atoms with Crippen LogP contribution in [0.25, 0.3) is 0 Å². The number of carbonyl (C=O) groups excluding carboxylic acids is 2. The van der Waals surface area contributed by atoms with E-state index in [1.807, 2.05) is 14.0 Å². The first-order chi connectivity index (χ1) is 8.67. The summed E-state index contributed by atoms with van der Waals surface area (Å²) >= 11 is 0. The molecule has 1 amide bonds. The molecular weight excluding hydrogens is 268 g/mol. The molecule has 1 aliphatic rings. The van der Waals surface area contributed by atoms with Gasteiger partial charge in [0.15, 0.2) is 0 Å². The number of esters is 1. The van der Waals surface area contributed by atoms with Gasteiger partial charge in [-0.2, -0.15) is 0 Å². The third kappa shape index (κ3) is 6.78. The van der Waals surface area contributed by atoms with Crippen molar-refractivity contribution in [1.29, 1.82) is 0 Å². The van der Waals surface area contributed by atoms with Crippen LogP contribution in [0, 0.1) is 5.92 Å². The number of hydrogen-bond donors (Lipinski definition) is 2. The van der Waals surface area contributed by atoms with E-state index in [2.05, 4.69) is 10.6 Å². The minimum Gasteiger partial charge on any atom is -0.466 e. The van der Waals surface area contributed by atoms with Crippen molar-refractivity contribution in [3.05, 3.63) is 0 Å². The van der Waals surface area contributed by atoms with Gasteiger partial charge in [0.05, 0.1) is 12.5 Å². The van der Waals surface area contributed by atoms with Gasteiger partial charge in [-0.3, -0.25) is 9.59 Å². The summed E-state index contributed by atoms with van der Waals surface area (Å²) in [5.41, 5.74) is 0. The molecule has 0 aliphatic heterocycles. The van der Waals surface area contributed by atoms with Crippen molar-refractivity contribution in [2.24, 2.45) is 5.92 Å². The quantitative estimate of drug-likeness (QED) is 0.723. The first-order valence-electron chi connectivity index (χ1n) is 6.78. The summed E-state index contributed by atoms with van der Waals surface area (Å²) in [6.07, 6.45) is 3.88. The zero-order chi connectivity index (χ0) is 13.4. The number of nitrogens with one attached hydrogen (secondary N) is 2. The van der Waals surface area contributed by atoms with E-state index >= 15 is 0 Å². The fourth-order valence-corrected chi connectivity index (χ4v) is 2.27. The lowest BCUT2D eigenvalue weighted by Gasteiger charge is -2.27. The van der Waals surface area contributed by atoms with Crippen LogP contribution >= 0.6 is 12.4 Å². The monoisotopic (exact) mass is 292 g/mol. The average molecular weight is 293 g/mol. The van der Waals surface area contributed by atoms with Crippen LogP contribution < -0.4 is 10.6 Å². The normalized spacial score (nSPS) is 22.2. The Morgan fingerprint density at radius 2 is 1.84 bits per heavy atom. The smallest absolute Gasteiger partial charge is 0.308 e. The number of rotatable bonds is 6. The molecule has 19 heavy (non-hydrogen) atoms. The van der Waals surface area contributed by atoms with Gasteiger partial charge in [0.2, 0.25) is 5.91 Å². The molecule has 0 radical (unpaired) electrons. The summed E-state index contributed by atoms with van der Waals surface area (Å²) in [6, 6.07) is 0.222. The lowest BCUT2D eigenvalue weighted by atomic mass is 9.86. The number of carbonyl (C=O) groups is 2. The molecule has 1 saturated carbocycles. The molecule has 0 unspecified atom stereocenters. The van der Waals surface area contributed by atoms with E-state index in [0.29, 0.717) is 19.6 Å². The summed E-state index contributed by atoms with van der Waals surface area (Å²) in [5, 5.41) is 5.96. The van der Waals surface area contributed by atoms with Gasteiger partial charge >= 0.3 is 5.97 Å². The molecule has 1 rings (SSSR count). The third-order valence-corrected chi connectivity index (χ3v) is 3.31. The molecule has 0 atom stereocenters. The van der Waals surface area contributed by atoms with Crippen molar-refractivity contribution in [1.82, 2.24) is 10.6 Å². The predicted molar refractivity (Wildman–Crippen MR) is 76.3 cm³/mol. The van der Waals surface area contributed by atoms with Gasteiger partial charge in [0, 0.05) is 19.0 Å². The van der Waals surface area contributed by atoms with Crippen LogP contribution in [0.2, 0.25) is 0 Å². The maximum Gasteiger partial charge on any atom is 0.308 e. The number of amides is 1. The van der Waals surface area contributed by atoms with Crippen molar-refractivity contribution in [3.63, 3.8) is 0 Å². The van der Waals surface area contributed by atoms with Crippen molar-refractivity contribution < 1.29 is 14.3 Å². The Balaban J connectivity index is 0.00000324. The van der Waals surface area contributed by atoms with Crippen LogP contribution in [-0.2, 0) is 14.3 Å². The van der Waals surface area contributed by atoms with Crippen LogP contribution in [0.1, 0.15) is 39.0 Å². The van der Waals surface area contributed by atoms with Crippen molar-refractivity contribution in [2.45, 2.75) is 45.1 Å². The molecule has 1 fully saturated rings. The molecular formula is C13H25ClN2O3. The van der Waals surface area contributed by atoms with Crippen molar-refractivity contribution in [3.8, 4) is 0 Å². The topological polar surface area (TPSA) is 67.4 Å². The summed E-state index contributed by atoms with van der Waals surface area (Å²) in [5.74, 6) is 0.0248. The molecule has 0 aromatic rings. The fourth-order valence-electron chi connectivity index (χ4n) is 2.27. The van der Waals surface area contributed by atoms with E-state index in [1.54, 1.807) is 0 Å². The van der Waals surface area contributed by atoms with Crippen LogP contribution in [0.3, 0.4) is 0 Å². The number of hydrogen-bond acceptors (Lipinski definition) is 4. The number of halogens is 1. The molecule has 1 aliphatic carbocycles. The molecule has 0 saturated heterocycles. The zero-order valence-electron chi connectivity index (χ0n) is 11.7. The van der Waals surface area contributed by atoms with E-state index in [9.17, 15) is 9.59 Å². The lowest BCUT2D eigenvalue weighted by molar-refractivity contribution is -0.149. The van der Waals surface area contributed by atoms with Crippen LogP contribution in [0.5, 0.6) is 0 Å². The van der Waals surface area contributed by atoms with E-state index < -0.39 is 0 Å². The molecule has 112 valence electrons. The first-order valence-corrected chi connectivity index (χ1v) is 6.78. The Bertz CT molecular complexity index is 279. The van der Waals surface area contributed by atoms with E-state index in [1.165, 1.54) is 0 Å². The molecule has 0 aromatic carbocycles. The average Bonchev–Trinajstić information content (AvgIpc) is 2.37. The first kappa shape index (κ1) is 18.2. The van der Waals surface area contributed by atoms with E-state index in [4.69, 9.17) is 4.74 Å². The highest BCUT2D eigenvalue weighted by Gasteiger charge is 2.27. The second kappa shape index (κ2) is 10.0. The number of ether oxygens (including phenoxy) is 1. The van der Waals surface area contributed by atoms with Crippen LogP contribution in [0.4, 0.5) is 0 Å². The van der Waals surface area contributed by atoms with Gasteiger partial charge in [-0.1, -0.05) is 0 Å². The molecule has 0 spiro atoms. The molecule has 2 N–H and O–H groups in total. The zero-order valence-corrected chi connectivity index (χ0v) is 12.6. The molecule has 0 aromatic heterocycles. The second-order valence-electron chi connectivity index (χ2n) is 4.72. The predicted octanol–water partition coefficient (Wildman–Crippen LogP) is 1.26. The third-order valence-electron chi connectivity index (χ3n) is 3.31. The summed E-state index contributed by atoms with van der Waals surface area (Å²) in [7, 11) is 1.83. The van der Waals surface area contributed by atoms with Gasteiger partial charge in [-0.05, 0) is 39.7 Å². The van der Waals surface area contributed by atoms with Gasteiger partial charge in [-0.25, -0.2) is 0 Å². The fraction of sp³-hybridized carbons (Fsp3) is 0.846. The standard InChI is InChI=1S/C13H24N2O3.ClH/c1-3-18-13(17)10-4-6-11(7-5-10)15-12(16)8-9-14-2;/h10-11,14H,3-9H2,1-2H3,(H,15,16);1H. The summed E-state index contributed by atoms with van der Waals surface area (Å²) in [6.45, 7) is 2.97. The van der Waals surface area contributed by atoms with Crippen LogP contribution in [-0.4, -0.2) is 38.1 Å². The Labute approximate surface area is 121 Å². The minimum absolute atomic E-state index is 0. The van der Waals surface area contributed by atoms with Gasteiger partial charge < -0.3 is 15.4 Å². The Morgan fingerprint density at radius 1 is 1.21 bits per heavy atom. The maximum atomic E-state index is 11.6. The van der Waals surface area contributed by atoms with Gasteiger partial charge in [-0.15, -0.1) is 12.4 Å². The second-order valence-corrected chi connectivity index (χ2v) is 4.72. The maximum absolute atomic E-state index is 11.6. The van der Waals surface area contributed by atoms with E-state index in [0.717, 1.165) is 25.7 Å². The molecule has 6 heteroatoms. The van der Waals surface area contributed by atoms with Crippen molar-refractivity contribution in [2.75, 3.05) is 20.2 Å². The summed E-state index contributed by atoms with van der Waals surface area (Å²) < 4.78 is 5.02.